The summed E-state index contributed by atoms with van der Waals surface area (Å²) < 4.78 is 0. The van der Waals surface area contributed by atoms with Gasteiger partial charge in [0.1, 0.15) is 5.78 Å². The standard InChI is InChI=1S/C31H50N2O/c1-21(2)27-17-14-18-28(22(3)4)31(27)32-23(5)29-19-26(20-30(33-29)24(6)34)25-15-12-10-8-7-9-11-13-16-25/h14,17-18,21-22,25-26,29-30,33H,7-13,15-16,19-20H2,1-6H3/b32-23+. The van der Waals surface area contributed by atoms with E-state index in [-0.39, 0.29) is 17.9 Å². The zero-order valence-electron chi connectivity index (χ0n) is 22.8. The van der Waals surface area contributed by atoms with E-state index in [2.05, 4.69) is 58.1 Å². The van der Waals surface area contributed by atoms with Gasteiger partial charge in [0.2, 0.25) is 0 Å². The first-order chi connectivity index (χ1) is 16.3. The van der Waals surface area contributed by atoms with Crippen LogP contribution in [0.3, 0.4) is 0 Å². The van der Waals surface area contributed by atoms with E-state index in [4.69, 9.17) is 4.99 Å². The van der Waals surface area contributed by atoms with Crippen molar-refractivity contribution in [1.82, 2.24) is 5.32 Å². The lowest BCUT2D eigenvalue weighted by atomic mass is 9.73. The zero-order valence-corrected chi connectivity index (χ0v) is 22.8. The summed E-state index contributed by atoms with van der Waals surface area (Å²) in [7, 11) is 0. The summed E-state index contributed by atoms with van der Waals surface area (Å²) in [6.45, 7) is 13.0. The Morgan fingerprint density at radius 3 is 1.79 bits per heavy atom. The Morgan fingerprint density at radius 2 is 1.29 bits per heavy atom. The van der Waals surface area contributed by atoms with Crippen LogP contribution in [0, 0.1) is 11.8 Å². The van der Waals surface area contributed by atoms with Gasteiger partial charge in [0.15, 0.2) is 0 Å². The fraction of sp³-hybridized carbons (Fsp3) is 0.742. The van der Waals surface area contributed by atoms with E-state index >= 15 is 0 Å². The molecule has 190 valence electrons. The molecule has 0 aromatic heterocycles. The van der Waals surface area contributed by atoms with Gasteiger partial charge in [-0.15, -0.1) is 0 Å². The molecule has 1 saturated heterocycles. The lowest BCUT2D eigenvalue weighted by molar-refractivity contribution is -0.120. The van der Waals surface area contributed by atoms with Crippen LogP contribution in [0.2, 0.25) is 0 Å². The van der Waals surface area contributed by atoms with Crippen molar-refractivity contribution in [2.45, 2.75) is 136 Å². The molecule has 0 spiro atoms. The van der Waals surface area contributed by atoms with Crippen molar-refractivity contribution in [2.24, 2.45) is 16.8 Å². The molecular formula is C31H50N2O. The number of aliphatic imine (C=N–C) groups is 1. The van der Waals surface area contributed by atoms with Crippen molar-refractivity contribution >= 4 is 17.2 Å². The van der Waals surface area contributed by atoms with Gasteiger partial charge in [0.25, 0.3) is 0 Å². The molecular weight excluding hydrogens is 416 g/mol. The molecule has 1 saturated carbocycles. The highest BCUT2D eigenvalue weighted by Crippen LogP contribution is 2.38. The Hall–Kier alpha value is -1.48. The average molecular weight is 467 g/mol. The molecule has 0 bridgehead atoms. The number of carbonyl (C=O) groups excluding carboxylic acids is 1. The SMILES string of the molecule is CC(=O)C1CC(C2CCCCCCCCC2)CC(/C(C)=N/c2c(C(C)C)cccc2C(C)C)N1. The van der Waals surface area contributed by atoms with Crippen LogP contribution in [0.25, 0.3) is 0 Å². The summed E-state index contributed by atoms with van der Waals surface area (Å²) in [5.74, 6) is 2.53. The highest BCUT2D eigenvalue weighted by Gasteiger charge is 2.35. The molecule has 3 unspecified atom stereocenters. The van der Waals surface area contributed by atoms with Gasteiger partial charge in [-0.25, -0.2) is 0 Å². The van der Waals surface area contributed by atoms with Gasteiger partial charge in [0.05, 0.1) is 11.7 Å². The third kappa shape index (κ3) is 7.26. The maximum Gasteiger partial charge on any atom is 0.146 e. The van der Waals surface area contributed by atoms with E-state index in [1.807, 2.05) is 0 Å². The highest BCUT2D eigenvalue weighted by molar-refractivity contribution is 5.91. The molecule has 0 amide bonds. The van der Waals surface area contributed by atoms with Gasteiger partial charge >= 0.3 is 0 Å². The number of nitrogens with one attached hydrogen (secondary N) is 1. The lowest BCUT2D eigenvalue weighted by Crippen LogP contribution is -2.52. The molecule has 2 aliphatic rings. The average Bonchev–Trinajstić information content (AvgIpc) is 2.81. The van der Waals surface area contributed by atoms with E-state index < -0.39 is 0 Å². The second-order valence-corrected chi connectivity index (χ2v) is 11.8. The molecule has 1 heterocycles. The van der Waals surface area contributed by atoms with E-state index in [9.17, 15) is 4.79 Å². The number of piperidine rings is 1. The van der Waals surface area contributed by atoms with Crippen LogP contribution in [0.15, 0.2) is 23.2 Å². The summed E-state index contributed by atoms with van der Waals surface area (Å²) in [5, 5.41) is 3.71. The van der Waals surface area contributed by atoms with Crippen molar-refractivity contribution in [1.29, 1.82) is 0 Å². The Labute approximate surface area is 209 Å². The van der Waals surface area contributed by atoms with Gasteiger partial charge in [-0.2, -0.15) is 0 Å². The van der Waals surface area contributed by atoms with Gasteiger partial charge in [0, 0.05) is 11.8 Å². The van der Waals surface area contributed by atoms with E-state index in [0.29, 0.717) is 17.8 Å². The zero-order chi connectivity index (χ0) is 24.7. The third-order valence-electron chi connectivity index (χ3n) is 8.42. The monoisotopic (exact) mass is 466 g/mol. The molecule has 1 aliphatic carbocycles. The molecule has 2 fully saturated rings. The number of Topliss-reactive ketones (excluding diaryl/α,β-unsaturated/α-hetero) is 1. The predicted molar refractivity (Wildman–Crippen MR) is 147 cm³/mol. The summed E-state index contributed by atoms with van der Waals surface area (Å²) in [4.78, 5) is 17.9. The van der Waals surface area contributed by atoms with Crippen LogP contribution >= 0.6 is 0 Å². The van der Waals surface area contributed by atoms with E-state index in [0.717, 1.165) is 30.2 Å². The number of rotatable bonds is 6. The van der Waals surface area contributed by atoms with Crippen molar-refractivity contribution in [2.75, 3.05) is 0 Å². The van der Waals surface area contributed by atoms with Crippen LogP contribution in [0.1, 0.15) is 135 Å². The van der Waals surface area contributed by atoms with Gasteiger partial charge in [-0.3, -0.25) is 15.1 Å². The van der Waals surface area contributed by atoms with Crippen molar-refractivity contribution in [3.05, 3.63) is 29.3 Å². The minimum atomic E-state index is -0.0331. The maximum absolute atomic E-state index is 12.6. The number of para-hydroxylation sites is 1. The Morgan fingerprint density at radius 1 is 0.794 bits per heavy atom. The third-order valence-corrected chi connectivity index (χ3v) is 8.42. The van der Waals surface area contributed by atoms with Gasteiger partial charge in [-0.1, -0.05) is 104 Å². The maximum atomic E-state index is 12.6. The second-order valence-electron chi connectivity index (χ2n) is 11.8. The molecule has 3 nitrogen and oxygen atoms in total. The molecule has 3 heteroatoms. The van der Waals surface area contributed by atoms with Gasteiger partial charge < -0.3 is 0 Å². The van der Waals surface area contributed by atoms with Crippen molar-refractivity contribution in [3.63, 3.8) is 0 Å². The minimum absolute atomic E-state index is 0.0331. The normalized spacial score (nSPS) is 26.1. The van der Waals surface area contributed by atoms with E-state index in [1.165, 1.54) is 68.9 Å². The van der Waals surface area contributed by atoms with E-state index in [1.54, 1.807) is 6.92 Å². The fourth-order valence-electron chi connectivity index (χ4n) is 6.25. The summed E-state index contributed by atoms with van der Waals surface area (Å²) in [6.07, 6.45) is 14.5. The fourth-order valence-corrected chi connectivity index (χ4v) is 6.25. The Kier molecular flexibility index (Phi) is 10.4. The minimum Gasteiger partial charge on any atom is -0.299 e. The molecule has 1 aromatic rings. The first-order valence-electron chi connectivity index (χ1n) is 14.2. The molecule has 0 radical (unpaired) electrons. The predicted octanol–water partition coefficient (Wildman–Crippen LogP) is 8.49. The molecule has 1 N–H and O–H groups in total. The molecule has 1 aromatic carbocycles. The summed E-state index contributed by atoms with van der Waals surface area (Å²) in [6, 6.07) is 6.80. The van der Waals surface area contributed by atoms with Crippen LogP contribution in [-0.4, -0.2) is 23.6 Å². The number of benzene rings is 1. The largest absolute Gasteiger partial charge is 0.299 e. The van der Waals surface area contributed by atoms with Crippen LogP contribution < -0.4 is 5.32 Å². The first-order valence-corrected chi connectivity index (χ1v) is 14.2. The first kappa shape index (κ1) is 27.1. The van der Waals surface area contributed by atoms with Gasteiger partial charge in [-0.05, 0) is 61.5 Å². The van der Waals surface area contributed by atoms with Crippen LogP contribution in [-0.2, 0) is 4.79 Å². The number of carbonyl (C=O) groups is 1. The summed E-state index contributed by atoms with van der Waals surface area (Å²) in [5.41, 5.74) is 4.96. The molecule has 3 atom stereocenters. The number of hydrogen-bond acceptors (Lipinski definition) is 3. The molecule has 1 aliphatic heterocycles. The number of ketones is 1. The Balaban J connectivity index is 1.87. The smallest absolute Gasteiger partial charge is 0.146 e. The van der Waals surface area contributed by atoms with Crippen molar-refractivity contribution < 1.29 is 4.79 Å². The quantitative estimate of drug-likeness (QED) is 0.427. The second kappa shape index (κ2) is 13.0. The van der Waals surface area contributed by atoms with Crippen LogP contribution in [0.4, 0.5) is 5.69 Å². The molecule has 3 rings (SSSR count). The topological polar surface area (TPSA) is 41.5 Å². The number of hydrogen-bond donors (Lipinski definition) is 1. The van der Waals surface area contributed by atoms with Crippen LogP contribution in [0.5, 0.6) is 0 Å². The lowest BCUT2D eigenvalue weighted by Gasteiger charge is -2.39. The Bertz CT molecular complexity index is 788. The number of nitrogens with zero attached hydrogens (tertiary/aromatic N) is 1. The summed E-state index contributed by atoms with van der Waals surface area (Å²) >= 11 is 0. The van der Waals surface area contributed by atoms with Crippen molar-refractivity contribution in [3.8, 4) is 0 Å². The molecule has 34 heavy (non-hydrogen) atoms. The highest BCUT2D eigenvalue weighted by atomic mass is 16.1.